The van der Waals surface area contributed by atoms with Crippen LogP contribution in [0.25, 0.3) is 0 Å². The van der Waals surface area contributed by atoms with Crippen LogP contribution in [0.2, 0.25) is 5.02 Å². The molecule has 1 aliphatic heterocycles. The normalized spacial score (nSPS) is 14.0. The third-order valence-electron chi connectivity index (χ3n) is 4.59. The van der Waals surface area contributed by atoms with E-state index in [9.17, 15) is 9.59 Å². The second-order valence-corrected chi connectivity index (χ2v) is 7.04. The topological polar surface area (TPSA) is 72.2 Å². The molecular formula is C21H25ClN2O5. The van der Waals surface area contributed by atoms with Crippen molar-refractivity contribution in [1.29, 1.82) is 0 Å². The first-order chi connectivity index (χ1) is 14.0. The van der Waals surface area contributed by atoms with Gasteiger partial charge in [0, 0.05) is 31.7 Å². The van der Waals surface area contributed by atoms with Crippen LogP contribution in [0.15, 0.2) is 34.9 Å². The van der Waals surface area contributed by atoms with Crippen LogP contribution in [0.3, 0.4) is 0 Å². The van der Waals surface area contributed by atoms with Crippen LogP contribution < -0.4 is 9.47 Å². The highest BCUT2D eigenvalue weighted by molar-refractivity contribution is 6.32. The van der Waals surface area contributed by atoms with Gasteiger partial charge in [-0.2, -0.15) is 0 Å². The summed E-state index contributed by atoms with van der Waals surface area (Å²) in [5.74, 6) is 0.908. The van der Waals surface area contributed by atoms with Crippen LogP contribution in [0, 0.1) is 0 Å². The molecule has 1 fully saturated rings. The van der Waals surface area contributed by atoms with E-state index >= 15 is 0 Å². The van der Waals surface area contributed by atoms with Gasteiger partial charge < -0.3 is 23.7 Å². The van der Waals surface area contributed by atoms with Gasteiger partial charge in [-0.15, -0.1) is 0 Å². The van der Waals surface area contributed by atoms with Gasteiger partial charge in [-0.3, -0.25) is 9.59 Å². The first-order valence-corrected chi connectivity index (χ1v) is 10.1. The molecule has 0 radical (unpaired) electrons. The number of halogens is 1. The predicted molar refractivity (Wildman–Crippen MR) is 109 cm³/mol. The quantitative estimate of drug-likeness (QED) is 0.682. The molecule has 0 N–H and O–H groups in total. The molecule has 3 rings (SSSR count). The standard InChI is InChI=1S/C21H25ClN2O5/c1-3-11-29-19-16(22)13-15(14-18(19)27-4-2)20(25)23-7-9-24(10-8-23)21(26)17-6-5-12-28-17/h5-6,12-14H,3-4,7-11H2,1-2H3. The molecule has 2 aromatic rings. The molecule has 0 unspecified atom stereocenters. The maximum Gasteiger partial charge on any atom is 0.289 e. The van der Waals surface area contributed by atoms with E-state index in [1.165, 1.54) is 6.26 Å². The average Bonchev–Trinajstić information content (AvgIpc) is 3.27. The smallest absolute Gasteiger partial charge is 0.289 e. The fourth-order valence-corrected chi connectivity index (χ4v) is 3.42. The van der Waals surface area contributed by atoms with Crippen molar-refractivity contribution in [2.75, 3.05) is 39.4 Å². The lowest BCUT2D eigenvalue weighted by Gasteiger charge is -2.34. The number of carbonyl (C=O) groups is 2. The van der Waals surface area contributed by atoms with Gasteiger partial charge in [0.05, 0.1) is 24.5 Å². The van der Waals surface area contributed by atoms with E-state index < -0.39 is 0 Å². The lowest BCUT2D eigenvalue weighted by Crippen LogP contribution is -2.50. The first-order valence-electron chi connectivity index (χ1n) is 9.76. The van der Waals surface area contributed by atoms with Gasteiger partial charge in [-0.1, -0.05) is 18.5 Å². The summed E-state index contributed by atoms with van der Waals surface area (Å²) >= 11 is 6.37. The van der Waals surface area contributed by atoms with Crippen molar-refractivity contribution >= 4 is 23.4 Å². The minimum Gasteiger partial charge on any atom is -0.490 e. The number of furan rings is 1. The zero-order chi connectivity index (χ0) is 20.8. The summed E-state index contributed by atoms with van der Waals surface area (Å²) in [4.78, 5) is 28.8. The van der Waals surface area contributed by atoms with Crippen molar-refractivity contribution in [3.63, 3.8) is 0 Å². The van der Waals surface area contributed by atoms with E-state index in [0.29, 0.717) is 67.2 Å². The van der Waals surface area contributed by atoms with Crippen molar-refractivity contribution in [1.82, 2.24) is 9.80 Å². The molecule has 0 atom stereocenters. The number of carbonyl (C=O) groups excluding carboxylic acids is 2. The SMILES string of the molecule is CCCOc1c(Cl)cc(C(=O)N2CCN(C(=O)c3ccco3)CC2)cc1OCC. The molecule has 156 valence electrons. The second kappa shape index (κ2) is 9.69. The van der Waals surface area contributed by atoms with E-state index in [1.807, 2.05) is 13.8 Å². The van der Waals surface area contributed by atoms with Crippen molar-refractivity contribution in [2.24, 2.45) is 0 Å². The number of rotatable bonds is 7. The fraction of sp³-hybridized carbons (Fsp3) is 0.429. The fourth-order valence-electron chi connectivity index (χ4n) is 3.15. The highest BCUT2D eigenvalue weighted by Gasteiger charge is 2.27. The van der Waals surface area contributed by atoms with Gasteiger partial charge in [-0.05, 0) is 37.6 Å². The van der Waals surface area contributed by atoms with Crippen LogP contribution in [0.4, 0.5) is 0 Å². The molecule has 0 saturated carbocycles. The highest BCUT2D eigenvalue weighted by Crippen LogP contribution is 2.37. The molecule has 7 nitrogen and oxygen atoms in total. The lowest BCUT2D eigenvalue weighted by molar-refractivity contribution is 0.0518. The molecule has 1 aromatic carbocycles. The van der Waals surface area contributed by atoms with Gasteiger partial charge in [-0.25, -0.2) is 0 Å². The van der Waals surface area contributed by atoms with Gasteiger partial charge in [0.1, 0.15) is 0 Å². The Morgan fingerprint density at radius 3 is 2.34 bits per heavy atom. The molecule has 0 spiro atoms. The largest absolute Gasteiger partial charge is 0.490 e. The van der Waals surface area contributed by atoms with E-state index in [0.717, 1.165) is 6.42 Å². The molecule has 1 saturated heterocycles. The summed E-state index contributed by atoms with van der Waals surface area (Å²) in [7, 11) is 0. The van der Waals surface area contributed by atoms with Gasteiger partial charge in [0.15, 0.2) is 17.3 Å². The van der Waals surface area contributed by atoms with Gasteiger partial charge in [0.25, 0.3) is 11.8 Å². The first kappa shape index (κ1) is 21.0. The van der Waals surface area contributed by atoms with Gasteiger partial charge >= 0.3 is 0 Å². The van der Waals surface area contributed by atoms with Crippen LogP contribution in [-0.4, -0.2) is 61.0 Å². The van der Waals surface area contributed by atoms with E-state index in [-0.39, 0.29) is 11.8 Å². The average molecular weight is 421 g/mol. The molecular weight excluding hydrogens is 396 g/mol. The number of ether oxygens (including phenoxy) is 2. The number of benzene rings is 1. The summed E-state index contributed by atoms with van der Waals surface area (Å²) in [6.07, 6.45) is 2.31. The molecule has 29 heavy (non-hydrogen) atoms. The highest BCUT2D eigenvalue weighted by atomic mass is 35.5. The van der Waals surface area contributed by atoms with Crippen molar-refractivity contribution in [2.45, 2.75) is 20.3 Å². The third kappa shape index (κ3) is 4.85. The lowest BCUT2D eigenvalue weighted by atomic mass is 10.1. The number of amides is 2. The maximum atomic E-state index is 13.0. The van der Waals surface area contributed by atoms with E-state index in [1.54, 1.807) is 34.1 Å². The van der Waals surface area contributed by atoms with Gasteiger partial charge in [0.2, 0.25) is 0 Å². The Hall–Kier alpha value is -2.67. The Morgan fingerprint density at radius 2 is 1.76 bits per heavy atom. The van der Waals surface area contributed by atoms with E-state index in [2.05, 4.69) is 0 Å². The van der Waals surface area contributed by atoms with Crippen molar-refractivity contribution < 1.29 is 23.5 Å². The van der Waals surface area contributed by atoms with Crippen LogP contribution >= 0.6 is 11.6 Å². The maximum absolute atomic E-state index is 13.0. The Balaban J connectivity index is 1.69. The Morgan fingerprint density at radius 1 is 1.07 bits per heavy atom. The minimum absolute atomic E-state index is 0.153. The predicted octanol–water partition coefficient (Wildman–Crippen LogP) is 3.72. The summed E-state index contributed by atoms with van der Waals surface area (Å²) < 4.78 is 16.5. The van der Waals surface area contributed by atoms with Crippen molar-refractivity contribution in [3.05, 3.63) is 46.9 Å². The molecule has 2 heterocycles. The molecule has 0 aliphatic carbocycles. The summed E-state index contributed by atoms with van der Waals surface area (Å²) in [6, 6.07) is 6.60. The van der Waals surface area contributed by atoms with Crippen LogP contribution in [-0.2, 0) is 0 Å². The molecule has 1 aliphatic rings. The van der Waals surface area contributed by atoms with E-state index in [4.69, 9.17) is 25.5 Å². The third-order valence-corrected chi connectivity index (χ3v) is 4.87. The van der Waals surface area contributed by atoms with Crippen LogP contribution in [0.1, 0.15) is 41.2 Å². The monoisotopic (exact) mass is 420 g/mol. The zero-order valence-corrected chi connectivity index (χ0v) is 17.4. The summed E-state index contributed by atoms with van der Waals surface area (Å²) in [6.45, 7) is 6.55. The number of hydrogen-bond acceptors (Lipinski definition) is 5. The number of nitrogens with zero attached hydrogens (tertiary/aromatic N) is 2. The van der Waals surface area contributed by atoms with Crippen molar-refractivity contribution in [3.8, 4) is 11.5 Å². The summed E-state index contributed by atoms with van der Waals surface area (Å²) in [5, 5.41) is 0.347. The number of hydrogen-bond donors (Lipinski definition) is 0. The second-order valence-electron chi connectivity index (χ2n) is 6.63. The molecule has 1 aromatic heterocycles. The number of piperazine rings is 1. The minimum atomic E-state index is -0.166. The summed E-state index contributed by atoms with van der Waals surface area (Å²) in [5.41, 5.74) is 0.438. The van der Waals surface area contributed by atoms with Crippen LogP contribution in [0.5, 0.6) is 11.5 Å². The molecule has 8 heteroatoms. The molecule has 0 bridgehead atoms. The Labute approximate surface area is 175 Å². The zero-order valence-electron chi connectivity index (χ0n) is 16.7. The Kier molecular flexibility index (Phi) is 7.04. The Bertz CT molecular complexity index is 845. The molecule has 2 amide bonds.